The molecular formula is C9H21N2O2P. The van der Waals surface area contributed by atoms with E-state index in [0.29, 0.717) is 0 Å². The normalized spacial score (nSPS) is 28.7. The first-order valence-corrected chi connectivity index (χ1v) is 6.25. The highest BCUT2D eigenvalue weighted by Crippen LogP contribution is 2.45. The van der Waals surface area contributed by atoms with Crippen molar-refractivity contribution >= 4 is 8.53 Å². The lowest BCUT2D eigenvalue weighted by Gasteiger charge is -2.52. The molecule has 5 heteroatoms. The molecule has 3 N–H and O–H groups in total. The van der Waals surface area contributed by atoms with Crippen molar-refractivity contribution in [1.82, 2.24) is 5.06 Å². The van der Waals surface area contributed by atoms with E-state index in [4.69, 9.17) is 15.0 Å². The van der Waals surface area contributed by atoms with Crippen LogP contribution < -0.4 is 5.50 Å². The molecule has 0 aliphatic carbocycles. The van der Waals surface area contributed by atoms with Crippen LogP contribution in [-0.4, -0.2) is 22.0 Å². The van der Waals surface area contributed by atoms with Gasteiger partial charge in [-0.1, -0.05) is 13.8 Å². The highest BCUT2D eigenvalue weighted by molar-refractivity contribution is 7.43. The van der Waals surface area contributed by atoms with Crippen LogP contribution in [-0.2, 0) is 4.62 Å². The van der Waals surface area contributed by atoms with E-state index in [9.17, 15) is 0 Å². The van der Waals surface area contributed by atoms with Crippen LogP contribution in [0.15, 0.2) is 0 Å². The van der Waals surface area contributed by atoms with Crippen molar-refractivity contribution in [3.05, 3.63) is 0 Å². The predicted octanol–water partition coefficient (Wildman–Crippen LogP) is 2.00. The molecule has 1 rings (SSSR count). The lowest BCUT2D eigenvalue weighted by molar-refractivity contribution is -0.194. The highest BCUT2D eigenvalue weighted by Gasteiger charge is 2.45. The van der Waals surface area contributed by atoms with Gasteiger partial charge in [-0.25, -0.2) is 4.62 Å². The summed E-state index contributed by atoms with van der Waals surface area (Å²) >= 11 is 0. The molecule has 0 amide bonds. The number of hydrogen-bond donors (Lipinski definition) is 2. The van der Waals surface area contributed by atoms with E-state index in [1.165, 1.54) is 6.42 Å². The van der Waals surface area contributed by atoms with E-state index in [2.05, 4.69) is 27.7 Å². The van der Waals surface area contributed by atoms with Gasteiger partial charge in [0.2, 0.25) is 0 Å². The van der Waals surface area contributed by atoms with Crippen LogP contribution in [0.5, 0.6) is 0 Å². The van der Waals surface area contributed by atoms with Crippen LogP contribution in [0.2, 0.25) is 0 Å². The standard InChI is InChI=1S/C9H21N2O2P/c1-8(2)6-5-7-11(9(8,3)4)13-14(10)12/h12H,5-7,10H2,1-4H3. The Balaban J connectivity index is 2.76. The molecule has 0 spiro atoms. The van der Waals surface area contributed by atoms with Gasteiger partial charge in [-0.05, 0) is 32.1 Å². The molecule has 14 heavy (non-hydrogen) atoms. The lowest BCUT2D eigenvalue weighted by Crippen LogP contribution is -2.56. The number of hydrogen-bond acceptors (Lipinski definition) is 4. The van der Waals surface area contributed by atoms with E-state index in [-0.39, 0.29) is 11.0 Å². The first-order chi connectivity index (χ1) is 6.27. The van der Waals surface area contributed by atoms with E-state index < -0.39 is 8.53 Å². The van der Waals surface area contributed by atoms with Gasteiger partial charge in [0, 0.05) is 12.1 Å². The van der Waals surface area contributed by atoms with Crippen molar-refractivity contribution in [3.8, 4) is 0 Å². The van der Waals surface area contributed by atoms with Crippen LogP contribution in [0.1, 0.15) is 40.5 Å². The quantitative estimate of drug-likeness (QED) is 0.699. The third kappa shape index (κ3) is 2.26. The summed E-state index contributed by atoms with van der Waals surface area (Å²) in [4.78, 5) is 9.09. The van der Waals surface area contributed by atoms with Crippen LogP contribution in [0, 0.1) is 5.41 Å². The zero-order chi connectivity index (χ0) is 11.0. The fourth-order valence-electron chi connectivity index (χ4n) is 1.83. The zero-order valence-corrected chi connectivity index (χ0v) is 10.3. The minimum atomic E-state index is -1.80. The van der Waals surface area contributed by atoms with Crippen molar-refractivity contribution in [1.29, 1.82) is 0 Å². The Kier molecular flexibility index (Phi) is 3.55. The summed E-state index contributed by atoms with van der Waals surface area (Å²) < 4.78 is 5.27. The maximum atomic E-state index is 9.09. The van der Waals surface area contributed by atoms with Crippen molar-refractivity contribution in [2.45, 2.75) is 46.1 Å². The maximum absolute atomic E-state index is 9.09. The molecule has 1 aliphatic heterocycles. The van der Waals surface area contributed by atoms with Gasteiger partial charge in [0.25, 0.3) is 8.53 Å². The molecule has 0 aromatic rings. The van der Waals surface area contributed by atoms with Gasteiger partial charge < -0.3 is 4.89 Å². The molecule has 1 aliphatic rings. The molecule has 0 radical (unpaired) electrons. The van der Waals surface area contributed by atoms with Crippen LogP contribution >= 0.6 is 8.53 Å². The molecule has 1 atom stereocenters. The summed E-state index contributed by atoms with van der Waals surface area (Å²) in [5.74, 6) is 0. The summed E-state index contributed by atoms with van der Waals surface area (Å²) in [7, 11) is -1.80. The smallest absolute Gasteiger partial charge is 0.268 e. The first kappa shape index (κ1) is 12.3. The summed E-state index contributed by atoms with van der Waals surface area (Å²) in [5.41, 5.74) is 5.38. The molecule has 84 valence electrons. The third-order valence-electron chi connectivity index (χ3n) is 3.62. The molecule has 0 aromatic heterocycles. The summed E-state index contributed by atoms with van der Waals surface area (Å²) in [5, 5.41) is 1.84. The lowest BCUT2D eigenvalue weighted by atomic mass is 9.69. The second-order valence-electron chi connectivity index (χ2n) is 5.03. The van der Waals surface area contributed by atoms with Crippen LogP contribution in [0.3, 0.4) is 0 Å². The van der Waals surface area contributed by atoms with Gasteiger partial charge in [-0.2, -0.15) is 5.06 Å². The molecule has 1 unspecified atom stereocenters. The van der Waals surface area contributed by atoms with E-state index in [0.717, 1.165) is 13.0 Å². The van der Waals surface area contributed by atoms with E-state index in [1.54, 1.807) is 0 Å². The monoisotopic (exact) mass is 220 g/mol. The van der Waals surface area contributed by atoms with Crippen molar-refractivity contribution in [2.75, 3.05) is 6.54 Å². The Bertz CT molecular complexity index is 207. The highest BCUT2D eigenvalue weighted by atomic mass is 31.2. The topological polar surface area (TPSA) is 58.7 Å². The summed E-state index contributed by atoms with van der Waals surface area (Å²) in [6, 6.07) is 0. The Labute approximate surface area is 87.3 Å². The fraction of sp³-hybridized carbons (Fsp3) is 1.00. The largest absolute Gasteiger partial charge is 0.337 e. The third-order valence-corrected chi connectivity index (χ3v) is 3.99. The Morgan fingerprint density at radius 1 is 1.36 bits per heavy atom. The van der Waals surface area contributed by atoms with Gasteiger partial charge >= 0.3 is 0 Å². The molecule has 1 heterocycles. The minimum absolute atomic E-state index is 0.0894. The second kappa shape index (κ2) is 4.03. The number of piperidine rings is 1. The average Bonchev–Trinajstić information content (AvgIpc) is 1.98. The number of rotatable bonds is 2. The SMILES string of the molecule is CC1(C)CCCN(OP(N)O)C1(C)C. The zero-order valence-electron chi connectivity index (χ0n) is 9.45. The predicted molar refractivity (Wildman–Crippen MR) is 58.2 cm³/mol. The maximum Gasteiger partial charge on any atom is 0.268 e. The van der Waals surface area contributed by atoms with Crippen LogP contribution in [0.25, 0.3) is 0 Å². The minimum Gasteiger partial charge on any atom is -0.337 e. The van der Waals surface area contributed by atoms with Gasteiger partial charge in [0.05, 0.1) is 0 Å². The van der Waals surface area contributed by atoms with Gasteiger partial charge in [0.15, 0.2) is 0 Å². The fourth-order valence-corrected chi connectivity index (χ4v) is 2.32. The molecule has 0 saturated carbocycles. The van der Waals surface area contributed by atoms with Crippen molar-refractivity contribution < 1.29 is 9.52 Å². The molecule has 0 aromatic carbocycles. The number of nitrogens with two attached hydrogens (primary N) is 1. The summed E-state index contributed by atoms with van der Waals surface area (Å²) in [6.45, 7) is 9.54. The van der Waals surface area contributed by atoms with E-state index in [1.807, 2.05) is 5.06 Å². The number of nitrogens with zero attached hydrogens (tertiary/aromatic N) is 1. The number of hydroxylamine groups is 2. The second-order valence-corrected chi connectivity index (χ2v) is 5.80. The van der Waals surface area contributed by atoms with Crippen LogP contribution in [0.4, 0.5) is 0 Å². The van der Waals surface area contributed by atoms with Gasteiger partial charge in [0.1, 0.15) is 0 Å². The van der Waals surface area contributed by atoms with Gasteiger partial charge in [-0.3, -0.25) is 5.50 Å². The molecular weight excluding hydrogens is 199 g/mol. The Morgan fingerprint density at radius 2 is 1.93 bits per heavy atom. The Morgan fingerprint density at radius 3 is 2.43 bits per heavy atom. The molecule has 4 nitrogen and oxygen atoms in total. The molecule has 1 fully saturated rings. The Hall–Kier alpha value is 0.270. The van der Waals surface area contributed by atoms with E-state index >= 15 is 0 Å². The van der Waals surface area contributed by atoms with Gasteiger partial charge in [-0.15, -0.1) is 0 Å². The molecule has 0 bridgehead atoms. The average molecular weight is 220 g/mol. The van der Waals surface area contributed by atoms with Crippen molar-refractivity contribution in [3.63, 3.8) is 0 Å². The first-order valence-electron chi connectivity index (χ1n) is 4.97. The summed E-state index contributed by atoms with van der Waals surface area (Å²) in [6.07, 6.45) is 2.26. The van der Waals surface area contributed by atoms with Crippen molar-refractivity contribution in [2.24, 2.45) is 10.9 Å². The molecule has 1 saturated heterocycles.